The van der Waals surface area contributed by atoms with E-state index < -0.39 is 80.2 Å². The minimum Gasteiger partial charge on any atom is -0.387 e. The van der Waals surface area contributed by atoms with Crippen LogP contribution in [0, 0.1) is 5.92 Å². The number of benzene rings is 2. The molecule has 2 aromatic carbocycles. The highest BCUT2D eigenvalue weighted by molar-refractivity contribution is 7.86. The summed E-state index contributed by atoms with van der Waals surface area (Å²) in [6.07, 6.45) is 6.15. The third kappa shape index (κ3) is 16.7. The lowest BCUT2D eigenvalue weighted by Crippen LogP contribution is -2.33. The lowest BCUT2D eigenvalue weighted by Gasteiger charge is -2.29. The second-order valence-corrected chi connectivity index (χ2v) is 27.3. The average Bonchev–Trinajstić information content (AvgIpc) is 3.98. The Bertz CT molecular complexity index is 3340. The third-order valence-corrected chi connectivity index (χ3v) is 19.4. The van der Waals surface area contributed by atoms with Crippen LogP contribution in [-0.2, 0) is 62.0 Å². The number of imidazole rings is 1. The van der Waals surface area contributed by atoms with E-state index in [1.54, 1.807) is 18.2 Å². The number of hydrogen-bond donors (Lipinski definition) is 10. The van der Waals surface area contributed by atoms with Crippen molar-refractivity contribution in [3.05, 3.63) is 84.6 Å². The van der Waals surface area contributed by atoms with E-state index in [0.717, 1.165) is 29.1 Å². The van der Waals surface area contributed by atoms with Gasteiger partial charge in [0.25, 0.3) is 20.2 Å². The maximum atomic E-state index is 12.7. The number of aliphatic hydroxyl groups is 2. The SMILES string of the molecule is CCN(/C(=C/C=C/C1=[N+](CCCCCC(=O)NCCCCCCNP(=O)(O)OP(=O)(O)OP(=O)(O)OC[C@H]2O[C@@H](n3cnc4c(N)ncnc43)[C@H](O)[C@@H]2O)c2ccc(S(=O)(=O)O)cc2C1(C)C)C(C)C)c1ccc(S(=O)(=O)O)cc1. The molecule has 2 aliphatic heterocycles. The van der Waals surface area contributed by atoms with Crippen molar-refractivity contribution >= 4 is 83.6 Å². The van der Waals surface area contributed by atoms with Gasteiger partial charge in [0.1, 0.15) is 36.7 Å². The molecular weight excluding hydrogens is 1150 g/mol. The van der Waals surface area contributed by atoms with E-state index in [4.69, 9.17) is 10.5 Å². The van der Waals surface area contributed by atoms with Crippen molar-refractivity contribution in [2.45, 2.75) is 126 Å². The van der Waals surface area contributed by atoms with E-state index >= 15 is 0 Å². The number of nitrogens with two attached hydrogens (primary N) is 1. The van der Waals surface area contributed by atoms with Crippen LogP contribution in [0.3, 0.4) is 0 Å². The number of unbranched alkanes of at least 4 members (excludes halogenated alkanes) is 5. The molecule has 28 nitrogen and oxygen atoms in total. The van der Waals surface area contributed by atoms with Crippen molar-refractivity contribution in [1.29, 1.82) is 0 Å². The first-order chi connectivity index (χ1) is 37.4. The Balaban J connectivity index is 0.911. The summed E-state index contributed by atoms with van der Waals surface area (Å²) in [7, 11) is -25.2. The summed E-state index contributed by atoms with van der Waals surface area (Å²) in [5, 5.41) is 26.0. The molecule has 0 radical (unpaired) electrons. The van der Waals surface area contributed by atoms with Crippen LogP contribution in [0.2, 0.25) is 0 Å². The van der Waals surface area contributed by atoms with Crippen LogP contribution in [0.25, 0.3) is 11.2 Å². The molecule has 0 aliphatic carbocycles. The van der Waals surface area contributed by atoms with Crippen LogP contribution in [0.4, 0.5) is 17.2 Å². The number of aromatic nitrogens is 4. The molecule has 80 heavy (non-hydrogen) atoms. The molecule has 11 N–H and O–H groups in total. The van der Waals surface area contributed by atoms with E-state index in [2.05, 4.69) is 43.1 Å². The van der Waals surface area contributed by atoms with Crippen molar-refractivity contribution in [2.24, 2.45) is 5.92 Å². The molecule has 4 aromatic rings. The Kier molecular flexibility index (Phi) is 21.5. The van der Waals surface area contributed by atoms with Crippen LogP contribution in [-0.4, -0.2) is 138 Å². The number of aliphatic hydroxyl groups excluding tert-OH is 2. The van der Waals surface area contributed by atoms with Crippen LogP contribution < -0.4 is 21.0 Å². The fourth-order valence-electron chi connectivity index (χ4n) is 9.23. The summed E-state index contributed by atoms with van der Waals surface area (Å²) in [5.41, 5.74) is 9.39. The van der Waals surface area contributed by atoms with Gasteiger partial charge in [-0.05, 0) is 94.8 Å². The molecule has 1 saturated heterocycles. The number of rotatable bonds is 30. The predicted molar refractivity (Wildman–Crippen MR) is 292 cm³/mol. The van der Waals surface area contributed by atoms with Crippen molar-refractivity contribution in [3.63, 3.8) is 0 Å². The molecule has 1 fully saturated rings. The van der Waals surface area contributed by atoms with Crippen molar-refractivity contribution < 1.29 is 91.8 Å². The Hall–Kier alpha value is -4.68. The second-order valence-electron chi connectivity index (χ2n) is 19.7. The van der Waals surface area contributed by atoms with Gasteiger partial charge in [-0.15, -0.1) is 0 Å². The van der Waals surface area contributed by atoms with Gasteiger partial charge in [-0.2, -0.15) is 30.0 Å². The summed E-state index contributed by atoms with van der Waals surface area (Å²) in [4.78, 5) is 56.4. The smallest absolute Gasteiger partial charge is 0.387 e. The van der Waals surface area contributed by atoms with Crippen molar-refractivity contribution in [3.8, 4) is 0 Å². The van der Waals surface area contributed by atoms with Gasteiger partial charge in [0.2, 0.25) is 11.6 Å². The normalized spacial score (nSPS) is 21.0. The van der Waals surface area contributed by atoms with Gasteiger partial charge in [-0.3, -0.25) is 23.0 Å². The lowest BCUT2D eigenvalue weighted by molar-refractivity contribution is -0.438. The number of nitrogen functional groups attached to an aromatic ring is 1. The molecule has 2 aromatic heterocycles. The molecule has 1 amide bonds. The Labute approximate surface area is 463 Å². The van der Waals surface area contributed by atoms with Gasteiger partial charge in [-0.25, -0.2) is 33.7 Å². The summed E-state index contributed by atoms with van der Waals surface area (Å²) in [5.74, 6) is -0.0879. The quantitative estimate of drug-likeness (QED) is 0.0103. The van der Waals surface area contributed by atoms with Gasteiger partial charge < -0.3 is 45.6 Å². The number of amides is 1. The molecule has 3 unspecified atom stereocenters. The third-order valence-electron chi connectivity index (χ3n) is 13.2. The van der Waals surface area contributed by atoms with Gasteiger partial charge in [0.15, 0.2) is 23.4 Å². The zero-order valence-electron chi connectivity index (χ0n) is 44.5. The number of hydrogen-bond acceptors (Lipinski definition) is 19. The highest BCUT2D eigenvalue weighted by Crippen LogP contribution is 2.66. The van der Waals surface area contributed by atoms with Crippen LogP contribution in [0.15, 0.2) is 88.8 Å². The number of nitrogens with zero attached hydrogens (tertiary/aromatic N) is 6. The van der Waals surface area contributed by atoms with Crippen LogP contribution >= 0.6 is 23.4 Å². The van der Waals surface area contributed by atoms with Crippen LogP contribution in [0.5, 0.6) is 0 Å². The molecule has 33 heteroatoms. The first-order valence-corrected chi connectivity index (χ1v) is 32.8. The summed E-state index contributed by atoms with van der Waals surface area (Å²) in [6.45, 7) is 10.2. The Morgan fingerprint density at radius 2 is 1.54 bits per heavy atom. The average molecular weight is 1220 g/mol. The molecule has 7 atom stereocenters. The number of phosphoric acid groups is 2. The van der Waals surface area contributed by atoms with E-state index in [9.17, 15) is 69.3 Å². The maximum Gasteiger partial charge on any atom is 0.489 e. The Morgan fingerprint density at radius 1 is 0.887 bits per heavy atom. The van der Waals surface area contributed by atoms with E-state index in [1.807, 2.05) is 57.7 Å². The zero-order valence-corrected chi connectivity index (χ0v) is 48.8. The molecule has 4 heterocycles. The van der Waals surface area contributed by atoms with Crippen molar-refractivity contribution in [2.75, 3.05) is 43.4 Å². The molecule has 0 bridgehead atoms. The van der Waals surface area contributed by atoms with E-state index in [1.165, 1.54) is 35.2 Å². The zero-order chi connectivity index (χ0) is 59.0. The lowest BCUT2D eigenvalue weighted by atomic mass is 9.81. The Morgan fingerprint density at radius 3 is 2.19 bits per heavy atom. The van der Waals surface area contributed by atoms with E-state index in [0.29, 0.717) is 63.7 Å². The first kappa shape index (κ1) is 64.5. The van der Waals surface area contributed by atoms with Gasteiger partial charge >= 0.3 is 23.4 Å². The number of anilines is 2. The fourth-order valence-corrected chi connectivity index (χ4v) is 14.0. The predicted octanol–water partition coefficient (Wildman–Crippen LogP) is 5.40. The van der Waals surface area contributed by atoms with Gasteiger partial charge in [0, 0.05) is 61.6 Å². The molecule has 2 aliphatic rings. The standard InChI is InChI=1S/C47H68N9O19P3S2/c1-6-54(32-18-20-33(21-19-32)79(66,67)68)36(31(2)3)15-14-16-39-47(4,5)35-27-34(80(69,70)71)22-23-37(35)55(39)26-13-9-10-17-40(57)49-24-11-7-8-12-25-53-76(60,61)74-78(64,65)75-77(62,63)72-28-38-42(58)43(59)46(73-38)56-30-52-41-44(48)50-29-51-45(41)56/h14-16,18-23,27,29-31,38,42-43,46,58-59H,6-13,17,24-26,28H2,1-5H3,(H8-,48,49,50,51,53,57,60,61,62,63,64,65,66,67,68,69,70,71)/p+1/t38-,42-,43-,46-/m1/s1. The number of phosphoric ester groups is 1. The molecule has 442 valence electrons. The number of carbonyl (C=O) groups excluding carboxylic acids is 1. The highest BCUT2D eigenvalue weighted by Gasteiger charge is 2.48. The molecule has 6 rings (SSSR count). The molecule has 0 saturated carbocycles. The monoisotopic (exact) mass is 1220 g/mol. The van der Waals surface area contributed by atoms with Crippen molar-refractivity contribution in [1.82, 2.24) is 29.9 Å². The van der Waals surface area contributed by atoms with Crippen LogP contribution in [0.1, 0.15) is 97.8 Å². The minimum absolute atomic E-state index is 0.0272. The molecular formula is C47H69N9O19P3S2+. The molecule has 0 spiro atoms. The number of carbonyl (C=O) groups is 1. The fraction of sp³-hybridized carbons (Fsp3) is 0.511. The topological polar surface area (TPSA) is 415 Å². The summed E-state index contributed by atoms with van der Waals surface area (Å²) >= 11 is 0. The second kappa shape index (κ2) is 26.7. The number of nitrogens with one attached hydrogen (secondary N) is 2. The minimum atomic E-state index is -5.75. The highest BCUT2D eigenvalue weighted by atomic mass is 32.2. The number of ether oxygens (including phenoxy) is 1. The first-order valence-electron chi connectivity index (χ1n) is 25.4. The summed E-state index contributed by atoms with van der Waals surface area (Å²) in [6, 6.07) is 10.4. The maximum absolute atomic E-state index is 12.7. The van der Waals surface area contributed by atoms with E-state index in [-0.39, 0.29) is 58.0 Å². The largest absolute Gasteiger partial charge is 0.489 e. The number of allylic oxidation sites excluding steroid dienone is 4. The summed E-state index contributed by atoms with van der Waals surface area (Å²) < 4.78 is 127. The number of fused-ring (bicyclic) bond motifs is 2. The van der Waals surface area contributed by atoms with Gasteiger partial charge in [0.05, 0.1) is 28.1 Å². The van der Waals surface area contributed by atoms with Gasteiger partial charge in [-0.1, -0.05) is 32.8 Å².